The number of amides is 1. The number of carbonyl (C=O) groups excluding carboxylic acids is 1. The largest absolute Gasteiger partial charge is 0.361 e. The number of carbonyl (C=O) groups is 1. The first-order valence-electron chi connectivity index (χ1n) is 11.7. The quantitative estimate of drug-likeness (QED) is 0.421. The third-order valence-corrected chi connectivity index (χ3v) is 6.72. The maximum absolute atomic E-state index is 13.1. The van der Waals surface area contributed by atoms with Gasteiger partial charge < -0.3 is 9.88 Å². The summed E-state index contributed by atoms with van der Waals surface area (Å²) < 4.78 is 13.1. The van der Waals surface area contributed by atoms with Crippen LogP contribution in [0.25, 0.3) is 10.9 Å². The van der Waals surface area contributed by atoms with Crippen LogP contribution in [0.3, 0.4) is 0 Å². The molecule has 1 amide bonds. The van der Waals surface area contributed by atoms with Crippen LogP contribution in [0, 0.1) is 5.82 Å². The number of rotatable bonds is 6. The van der Waals surface area contributed by atoms with Crippen molar-refractivity contribution in [1.29, 1.82) is 0 Å². The molecule has 2 aromatic heterocycles. The predicted octanol–water partition coefficient (Wildman–Crippen LogP) is 5.63. The van der Waals surface area contributed by atoms with Gasteiger partial charge in [-0.2, -0.15) is 0 Å². The molecule has 0 radical (unpaired) electrons. The Bertz CT molecular complexity index is 1220. The van der Waals surface area contributed by atoms with Crippen molar-refractivity contribution >= 4 is 16.8 Å². The summed E-state index contributed by atoms with van der Waals surface area (Å²) in [5.74, 6) is 0.416. The van der Waals surface area contributed by atoms with E-state index in [4.69, 9.17) is 4.98 Å². The van der Waals surface area contributed by atoms with Crippen LogP contribution in [0.1, 0.15) is 47.6 Å². The van der Waals surface area contributed by atoms with Crippen molar-refractivity contribution < 1.29 is 9.18 Å². The number of hydrogen-bond acceptors (Lipinski definition) is 2. The summed E-state index contributed by atoms with van der Waals surface area (Å²) in [6.45, 7) is 1.58. The number of pyridine rings is 1. The molecule has 0 aliphatic carbocycles. The van der Waals surface area contributed by atoms with Crippen molar-refractivity contribution in [3.8, 4) is 0 Å². The van der Waals surface area contributed by atoms with Gasteiger partial charge in [0, 0.05) is 54.4 Å². The Morgan fingerprint density at radius 3 is 2.52 bits per heavy atom. The van der Waals surface area contributed by atoms with E-state index in [0.29, 0.717) is 12.3 Å². The van der Waals surface area contributed by atoms with E-state index in [2.05, 4.69) is 29.2 Å². The number of nitrogens with one attached hydrogen (secondary N) is 1. The van der Waals surface area contributed by atoms with Crippen molar-refractivity contribution in [2.24, 2.45) is 0 Å². The molecule has 0 saturated carbocycles. The summed E-state index contributed by atoms with van der Waals surface area (Å²) in [4.78, 5) is 22.8. The number of nitrogens with zero attached hydrogens (tertiary/aromatic N) is 2. The standard InChI is InChI=1S/C28H28FN3O/c29-24-9-5-20(6-10-24)17-21-7-11-26(30-18-21)22-13-15-32(16-14-22)28(33)12-8-23-19-31-27-4-2-1-3-25(23)27/h1-7,9-11,18-19,22,31H,8,12-17H2. The molecule has 3 heterocycles. The van der Waals surface area contributed by atoms with Gasteiger partial charge in [0.05, 0.1) is 0 Å². The number of H-pyrrole nitrogens is 1. The Labute approximate surface area is 193 Å². The molecule has 0 spiro atoms. The normalized spacial score (nSPS) is 14.6. The van der Waals surface area contributed by atoms with Gasteiger partial charge >= 0.3 is 0 Å². The highest BCUT2D eigenvalue weighted by Crippen LogP contribution is 2.28. The van der Waals surface area contributed by atoms with E-state index in [1.807, 2.05) is 41.6 Å². The number of hydrogen-bond donors (Lipinski definition) is 1. The van der Waals surface area contributed by atoms with Gasteiger partial charge in [-0.25, -0.2) is 4.39 Å². The van der Waals surface area contributed by atoms with Crippen LogP contribution in [0.4, 0.5) is 4.39 Å². The number of aryl methyl sites for hydroxylation is 1. The smallest absolute Gasteiger partial charge is 0.222 e. The van der Waals surface area contributed by atoms with Gasteiger partial charge in [-0.3, -0.25) is 9.78 Å². The van der Waals surface area contributed by atoms with Crippen LogP contribution < -0.4 is 0 Å². The fourth-order valence-corrected chi connectivity index (χ4v) is 4.78. The molecule has 0 bridgehead atoms. The number of piperidine rings is 1. The maximum Gasteiger partial charge on any atom is 0.222 e. The van der Waals surface area contributed by atoms with Gasteiger partial charge in [-0.1, -0.05) is 36.4 Å². The van der Waals surface area contributed by atoms with Gasteiger partial charge in [0.2, 0.25) is 5.91 Å². The molecule has 1 aliphatic heterocycles. The molecular weight excluding hydrogens is 413 g/mol. The Morgan fingerprint density at radius 1 is 1.00 bits per heavy atom. The Kier molecular flexibility index (Phi) is 6.20. The van der Waals surface area contributed by atoms with Gasteiger partial charge in [0.1, 0.15) is 5.82 Å². The van der Waals surface area contributed by atoms with E-state index in [1.165, 1.54) is 23.1 Å². The average molecular weight is 442 g/mol. The number of para-hydroxylation sites is 1. The second-order valence-corrected chi connectivity index (χ2v) is 8.91. The highest BCUT2D eigenvalue weighted by atomic mass is 19.1. The SMILES string of the molecule is O=C(CCc1c[nH]c2ccccc12)N1CCC(c2ccc(Cc3ccc(F)cc3)cn2)CC1. The number of likely N-dealkylation sites (tertiary alicyclic amines) is 1. The second kappa shape index (κ2) is 9.57. The molecule has 1 aliphatic rings. The molecule has 33 heavy (non-hydrogen) atoms. The second-order valence-electron chi connectivity index (χ2n) is 8.91. The van der Waals surface area contributed by atoms with E-state index in [9.17, 15) is 9.18 Å². The minimum absolute atomic E-state index is 0.213. The summed E-state index contributed by atoms with van der Waals surface area (Å²) in [6.07, 6.45) is 7.90. The van der Waals surface area contributed by atoms with Crippen LogP contribution in [-0.4, -0.2) is 33.9 Å². The zero-order valence-corrected chi connectivity index (χ0v) is 18.6. The third kappa shape index (κ3) is 4.98. The molecule has 168 valence electrons. The molecule has 1 fully saturated rings. The first-order chi connectivity index (χ1) is 16.2. The molecule has 2 aromatic carbocycles. The maximum atomic E-state index is 13.1. The molecule has 4 aromatic rings. The molecule has 1 N–H and O–H groups in total. The van der Waals surface area contributed by atoms with Crippen LogP contribution >= 0.6 is 0 Å². The van der Waals surface area contributed by atoms with Crippen LogP contribution in [0.15, 0.2) is 73.1 Å². The van der Waals surface area contributed by atoms with Gasteiger partial charge in [0.15, 0.2) is 0 Å². The van der Waals surface area contributed by atoms with Crippen molar-refractivity contribution in [3.05, 3.63) is 101 Å². The highest BCUT2D eigenvalue weighted by molar-refractivity contribution is 5.84. The number of halogens is 1. The zero-order chi connectivity index (χ0) is 22.6. The zero-order valence-electron chi connectivity index (χ0n) is 18.6. The third-order valence-electron chi connectivity index (χ3n) is 6.72. The lowest BCUT2D eigenvalue weighted by molar-refractivity contribution is -0.132. The summed E-state index contributed by atoms with van der Waals surface area (Å²) >= 11 is 0. The van der Waals surface area contributed by atoms with Crippen molar-refractivity contribution in [2.45, 2.75) is 38.0 Å². The minimum Gasteiger partial charge on any atom is -0.361 e. The molecule has 4 nitrogen and oxygen atoms in total. The summed E-state index contributed by atoms with van der Waals surface area (Å²) in [7, 11) is 0. The first kappa shape index (κ1) is 21.4. The van der Waals surface area contributed by atoms with Crippen molar-refractivity contribution in [1.82, 2.24) is 14.9 Å². The first-order valence-corrected chi connectivity index (χ1v) is 11.7. The molecule has 5 rings (SSSR count). The Morgan fingerprint density at radius 2 is 1.76 bits per heavy atom. The topological polar surface area (TPSA) is 49.0 Å². The van der Waals surface area contributed by atoms with Gasteiger partial charge in [-0.15, -0.1) is 0 Å². The van der Waals surface area contributed by atoms with E-state index in [1.54, 1.807) is 0 Å². The fourth-order valence-electron chi connectivity index (χ4n) is 4.78. The lowest BCUT2D eigenvalue weighted by Gasteiger charge is -2.32. The van der Waals surface area contributed by atoms with Crippen LogP contribution in [0.2, 0.25) is 0 Å². The molecule has 1 saturated heterocycles. The molecular formula is C28H28FN3O. The van der Waals surface area contributed by atoms with E-state index >= 15 is 0 Å². The Hall–Kier alpha value is -3.47. The van der Waals surface area contributed by atoms with Crippen LogP contribution in [0.5, 0.6) is 0 Å². The average Bonchev–Trinajstić information content (AvgIpc) is 3.28. The number of aromatic nitrogens is 2. The van der Waals surface area contributed by atoms with Crippen LogP contribution in [-0.2, 0) is 17.6 Å². The Balaban J connectivity index is 1.12. The van der Waals surface area contributed by atoms with Gasteiger partial charge in [-0.05, 0) is 66.6 Å². The van der Waals surface area contributed by atoms with Gasteiger partial charge in [0.25, 0.3) is 0 Å². The predicted molar refractivity (Wildman–Crippen MR) is 129 cm³/mol. The fraction of sp³-hybridized carbons (Fsp3) is 0.286. The van der Waals surface area contributed by atoms with E-state index in [0.717, 1.165) is 61.1 Å². The molecule has 0 unspecified atom stereocenters. The van der Waals surface area contributed by atoms with E-state index in [-0.39, 0.29) is 11.7 Å². The number of fused-ring (bicyclic) bond motifs is 1. The molecule has 0 atom stereocenters. The van der Waals surface area contributed by atoms with E-state index < -0.39 is 0 Å². The molecule has 5 heteroatoms. The minimum atomic E-state index is -0.213. The monoisotopic (exact) mass is 441 g/mol. The summed E-state index contributed by atoms with van der Waals surface area (Å²) in [5.41, 5.74) is 5.63. The lowest BCUT2D eigenvalue weighted by Crippen LogP contribution is -2.38. The summed E-state index contributed by atoms with van der Waals surface area (Å²) in [5, 5.41) is 1.21. The van der Waals surface area contributed by atoms with Crippen molar-refractivity contribution in [3.63, 3.8) is 0 Å². The summed E-state index contributed by atoms with van der Waals surface area (Å²) in [6, 6.07) is 19.1. The number of aromatic amines is 1. The number of benzene rings is 2. The highest BCUT2D eigenvalue weighted by Gasteiger charge is 2.24. The van der Waals surface area contributed by atoms with Crippen molar-refractivity contribution in [2.75, 3.05) is 13.1 Å². The lowest BCUT2D eigenvalue weighted by atomic mass is 9.92.